The maximum absolute atomic E-state index is 13.7. The highest BCUT2D eigenvalue weighted by atomic mass is 19.1. The number of imidazole rings is 1. The number of aromatic nitrogens is 2. The molecule has 3 rings (SSSR count). The number of aryl methyl sites for hydroxylation is 1. The number of ether oxygens (including phenoxy) is 2. The normalized spacial score (nSPS) is 11.0. The van der Waals surface area contributed by atoms with Crippen LogP contribution < -0.4 is 4.74 Å². The lowest BCUT2D eigenvalue weighted by atomic mass is 10.2. The van der Waals surface area contributed by atoms with Gasteiger partial charge in [-0.25, -0.2) is 22.9 Å². The van der Waals surface area contributed by atoms with Crippen LogP contribution in [0.5, 0.6) is 5.75 Å². The molecule has 0 aliphatic carbocycles. The number of rotatable bonds is 5. The van der Waals surface area contributed by atoms with E-state index < -0.39 is 35.6 Å². The number of halogens is 3. The molecule has 5 nitrogen and oxygen atoms in total. The van der Waals surface area contributed by atoms with Crippen molar-refractivity contribution in [1.29, 1.82) is 0 Å². The van der Waals surface area contributed by atoms with Crippen LogP contribution in [0.2, 0.25) is 0 Å². The summed E-state index contributed by atoms with van der Waals surface area (Å²) in [5, 5.41) is 0. The third-order valence-electron chi connectivity index (χ3n) is 3.74. The molecule has 26 heavy (non-hydrogen) atoms. The van der Waals surface area contributed by atoms with Gasteiger partial charge in [-0.2, -0.15) is 0 Å². The van der Waals surface area contributed by atoms with E-state index in [1.165, 1.54) is 4.40 Å². The molecule has 0 saturated heterocycles. The summed E-state index contributed by atoms with van der Waals surface area (Å²) >= 11 is 0. The van der Waals surface area contributed by atoms with Gasteiger partial charge in [0.1, 0.15) is 24.1 Å². The lowest BCUT2D eigenvalue weighted by molar-refractivity contribution is 0.0517. The Balaban J connectivity index is 1.95. The van der Waals surface area contributed by atoms with Gasteiger partial charge in [-0.15, -0.1) is 0 Å². The molecule has 3 aromatic rings. The topological polar surface area (TPSA) is 52.8 Å². The van der Waals surface area contributed by atoms with Gasteiger partial charge < -0.3 is 9.47 Å². The maximum Gasteiger partial charge on any atom is 0.357 e. The molecule has 1 aromatic carbocycles. The first-order valence-corrected chi connectivity index (χ1v) is 7.83. The molecule has 0 amide bonds. The Morgan fingerprint density at radius 2 is 1.92 bits per heavy atom. The zero-order valence-corrected chi connectivity index (χ0v) is 14.1. The molecule has 0 saturated carbocycles. The van der Waals surface area contributed by atoms with E-state index in [9.17, 15) is 18.0 Å². The number of pyridine rings is 1. The van der Waals surface area contributed by atoms with E-state index in [2.05, 4.69) is 4.98 Å². The molecule has 136 valence electrons. The van der Waals surface area contributed by atoms with E-state index in [1.54, 1.807) is 32.2 Å². The second kappa shape index (κ2) is 7.07. The maximum atomic E-state index is 13.7. The smallest absolute Gasteiger partial charge is 0.357 e. The fraction of sp³-hybridized carbons (Fsp3) is 0.222. The average molecular weight is 364 g/mol. The first kappa shape index (κ1) is 17.8. The average Bonchev–Trinajstić information content (AvgIpc) is 2.90. The van der Waals surface area contributed by atoms with E-state index in [1.807, 2.05) is 0 Å². The van der Waals surface area contributed by atoms with Crippen LogP contribution >= 0.6 is 0 Å². The van der Waals surface area contributed by atoms with Gasteiger partial charge in [0.2, 0.25) is 0 Å². The van der Waals surface area contributed by atoms with Gasteiger partial charge in [0.15, 0.2) is 17.1 Å². The van der Waals surface area contributed by atoms with Gasteiger partial charge in [0.25, 0.3) is 0 Å². The number of nitrogens with zero attached hydrogens (tertiary/aromatic N) is 2. The molecule has 0 spiro atoms. The van der Waals surface area contributed by atoms with Crippen LogP contribution in [0.25, 0.3) is 5.65 Å². The van der Waals surface area contributed by atoms with Crippen molar-refractivity contribution in [3.8, 4) is 5.75 Å². The lowest BCUT2D eigenvalue weighted by Gasteiger charge is -2.10. The molecule has 0 fully saturated rings. The third kappa shape index (κ3) is 3.22. The number of hydrogen-bond acceptors (Lipinski definition) is 4. The Labute approximate surface area is 147 Å². The number of hydrogen-bond donors (Lipinski definition) is 0. The molecule has 0 aliphatic rings. The molecule has 0 bridgehead atoms. The summed E-state index contributed by atoms with van der Waals surface area (Å²) in [5.41, 5.74) is 0.573. The van der Waals surface area contributed by atoms with Gasteiger partial charge in [-0.3, -0.25) is 4.40 Å². The van der Waals surface area contributed by atoms with E-state index in [4.69, 9.17) is 9.47 Å². The largest absolute Gasteiger partial charge is 0.485 e. The molecular formula is C18H15F3N2O3. The summed E-state index contributed by atoms with van der Waals surface area (Å²) in [5.74, 6) is -3.41. The number of carbonyl (C=O) groups excluding carboxylic acids is 1. The summed E-state index contributed by atoms with van der Waals surface area (Å²) in [6.07, 6.45) is 1.60. The number of esters is 1. The minimum absolute atomic E-state index is 0.213. The van der Waals surface area contributed by atoms with Crippen LogP contribution in [0.15, 0.2) is 30.5 Å². The molecule has 0 unspecified atom stereocenters. The van der Waals surface area contributed by atoms with Crippen LogP contribution in [0, 0.1) is 24.4 Å². The minimum Gasteiger partial charge on any atom is -0.485 e. The van der Waals surface area contributed by atoms with Gasteiger partial charge >= 0.3 is 5.97 Å². The van der Waals surface area contributed by atoms with Gasteiger partial charge in [0, 0.05) is 18.3 Å². The highest BCUT2D eigenvalue weighted by Gasteiger charge is 2.20. The summed E-state index contributed by atoms with van der Waals surface area (Å²) in [6, 6.07) is 4.32. The Morgan fingerprint density at radius 3 is 2.58 bits per heavy atom. The molecule has 2 aromatic heterocycles. The van der Waals surface area contributed by atoms with Crippen molar-refractivity contribution in [3.63, 3.8) is 0 Å². The molecule has 0 aliphatic heterocycles. The Kier molecular flexibility index (Phi) is 4.83. The van der Waals surface area contributed by atoms with Crippen molar-refractivity contribution in [3.05, 3.63) is 64.9 Å². The molecule has 8 heteroatoms. The first-order chi connectivity index (χ1) is 12.4. The Bertz CT molecular complexity index is 962. The monoisotopic (exact) mass is 364 g/mol. The van der Waals surface area contributed by atoms with Gasteiger partial charge in [-0.05, 0) is 26.0 Å². The first-order valence-electron chi connectivity index (χ1n) is 7.83. The molecule has 0 radical (unpaired) electrons. The van der Waals surface area contributed by atoms with Gasteiger partial charge in [-0.1, -0.05) is 0 Å². The Hall–Kier alpha value is -3.03. The number of fused-ring (bicyclic) bond motifs is 1. The van der Waals surface area contributed by atoms with Crippen molar-refractivity contribution in [2.45, 2.75) is 20.5 Å². The fourth-order valence-corrected chi connectivity index (χ4v) is 2.57. The van der Waals surface area contributed by atoms with Crippen molar-refractivity contribution in [1.82, 2.24) is 9.38 Å². The highest BCUT2D eigenvalue weighted by Crippen LogP contribution is 2.24. The van der Waals surface area contributed by atoms with Crippen LogP contribution in [0.1, 0.15) is 28.7 Å². The van der Waals surface area contributed by atoms with Gasteiger partial charge in [0.05, 0.1) is 17.9 Å². The Morgan fingerprint density at radius 1 is 1.23 bits per heavy atom. The molecule has 0 N–H and O–H groups in total. The molecular weight excluding hydrogens is 349 g/mol. The number of benzene rings is 1. The van der Waals surface area contributed by atoms with E-state index >= 15 is 0 Å². The predicted molar refractivity (Wildman–Crippen MR) is 86.5 cm³/mol. The minimum atomic E-state index is -1.04. The zero-order chi connectivity index (χ0) is 18.8. The quantitative estimate of drug-likeness (QED) is 0.646. The SMILES string of the molecule is CCOC(=O)c1c(C)nc2c(OCc3c(F)cc(F)cc3F)cccn12. The third-order valence-corrected chi connectivity index (χ3v) is 3.74. The highest BCUT2D eigenvalue weighted by molar-refractivity contribution is 5.90. The summed E-state index contributed by atoms with van der Waals surface area (Å²) in [7, 11) is 0. The van der Waals surface area contributed by atoms with E-state index in [-0.39, 0.29) is 18.1 Å². The van der Waals surface area contributed by atoms with E-state index in [0.717, 1.165) is 0 Å². The molecule has 2 heterocycles. The number of carbonyl (C=O) groups is 1. The van der Waals surface area contributed by atoms with E-state index in [0.29, 0.717) is 23.5 Å². The second-order valence-electron chi connectivity index (χ2n) is 5.47. The lowest BCUT2D eigenvalue weighted by Crippen LogP contribution is -2.09. The van der Waals surface area contributed by atoms with Crippen molar-refractivity contribution in [2.24, 2.45) is 0 Å². The molecule has 0 atom stereocenters. The standard InChI is InChI=1S/C18H15F3N2O3/c1-3-25-18(24)16-10(2)22-17-15(5-4-6-23(16)17)26-9-12-13(20)7-11(19)8-14(12)21/h4-8H,3,9H2,1-2H3. The van der Waals surface area contributed by atoms with Crippen LogP contribution in [0.3, 0.4) is 0 Å². The summed E-state index contributed by atoms with van der Waals surface area (Å²) in [4.78, 5) is 16.4. The van der Waals surface area contributed by atoms with Crippen LogP contribution in [-0.2, 0) is 11.3 Å². The van der Waals surface area contributed by atoms with Crippen molar-refractivity contribution >= 4 is 11.6 Å². The van der Waals surface area contributed by atoms with Crippen LogP contribution in [-0.4, -0.2) is 22.0 Å². The summed E-state index contributed by atoms with van der Waals surface area (Å²) in [6.45, 7) is 3.09. The van der Waals surface area contributed by atoms with Crippen molar-refractivity contribution in [2.75, 3.05) is 6.61 Å². The summed E-state index contributed by atoms with van der Waals surface area (Å²) < 4.78 is 52.5. The van der Waals surface area contributed by atoms with Crippen molar-refractivity contribution < 1.29 is 27.4 Å². The zero-order valence-electron chi connectivity index (χ0n) is 14.1. The van der Waals surface area contributed by atoms with Crippen LogP contribution in [0.4, 0.5) is 13.2 Å². The predicted octanol–water partition coefficient (Wildman–Crippen LogP) is 3.82. The second-order valence-corrected chi connectivity index (χ2v) is 5.47. The fourth-order valence-electron chi connectivity index (χ4n) is 2.57.